The molecule has 0 radical (unpaired) electrons. The predicted octanol–water partition coefficient (Wildman–Crippen LogP) is 5.96. The van der Waals surface area contributed by atoms with Gasteiger partial charge in [0.25, 0.3) is 11.6 Å². The van der Waals surface area contributed by atoms with Gasteiger partial charge in [0.2, 0.25) is 0 Å². The van der Waals surface area contributed by atoms with Crippen molar-refractivity contribution in [2.45, 2.75) is 37.9 Å². The Labute approximate surface area is 214 Å². The molecule has 0 aliphatic carbocycles. The Bertz CT molecular complexity index is 1490. The predicted molar refractivity (Wildman–Crippen MR) is 142 cm³/mol. The summed E-state index contributed by atoms with van der Waals surface area (Å²) in [6.45, 7) is 1.16. The molecule has 0 spiro atoms. The molecule has 0 unspecified atom stereocenters. The average Bonchev–Trinajstić information content (AvgIpc) is 3.54. The number of hydrogen-bond acceptors (Lipinski definition) is 5. The number of fused-ring (bicyclic) bond motifs is 3. The second-order valence-corrected chi connectivity index (χ2v) is 9.72. The maximum absolute atomic E-state index is 13.0. The minimum atomic E-state index is -0.463. The maximum Gasteiger partial charge on any atom is 0.269 e. The number of carbonyl (C=O) groups is 1. The summed E-state index contributed by atoms with van der Waals surface area (Å²) in [5, 5.41) is 16.5. The van der Waals surface area contributed by atoms with Gasteiger partial charge < -0.3 is 9.73 Å². The summed E-state index contributed by atoms with van der Waals surface area (Å²) in [6, 6.07) is 25.2. The Morgan fingerprint density at radius 2 is 1.81 bits per heavy atom. The lowest BCUT2D eigenvalue weighted by Crippen LogP contribution is -2.43. The molecule has 1 fully saturated rings. The van der Waals surface area contributed by atoms with Crippen molar-refractivity contribution >= 4 is 27.9 Å². The normalized spacial score (nSPS) is 19.4. The van der Waals surface area contributed by atoms with Crippen molar-refractivity contribution in [3.05, 3.63) is 118 Å². The lowest BCUT2D eigenvalue weighted by atomic mass is 9.86. The third kappa shape index (κ3) is 4.42. The Hall–Kier alpha value is -4.23. The van der Waals surface area contributed by atoms with E-state index in [-0.39, 0.29) is 17.6 Å². The van der Waals surface area contributed by atoms with Crippen molar-refractivity contribution in [2.75, 3.05) is 6.54 Å². The molecule has 2 atom stereocenters. The van der Waals surface area contributed by atoms with Gasteiger partial charge in [-0.25, -0.2) is 0 Å². The van der Waals surface area contributed by atoms with Gasteiger partial charge in [-0.1, -0.05) is 42.5 Å². The van der Waals surface area contributed by atoms with Crippen LogP contribution in [0.4, 0.5) is 5.69 Å². The van der Waals surface area contributed by atoms with Crippen LogP contribution in [-0.4, -0.2) is 34.4 Å². The number of rotatable bonds is 7. The summed E-state index contributed by atoms with van der Waals surface area (Å²) in [5.41, 5.74) is 4.14. The van der Waals surface area contributed by atoms with E-state index in [4.69, 9.17) is 4.42 Å². The second kappa shape index (κ2) is 9.67. The fourth-order valence-electron chi connectivity index (χ4n) is 5.93. The number of nitro benzene ring substituents is 1. The zero-order valence-electron chi connectivity index (χ0n) is 20.3. The van der Waals surface area contributed by atoms with E-state index in [9.17, 15) is 14.9 Å². The summed E-state index contributed by atoms with van der Waals surface area (Å²) in [5.74, 6) is 0.706. The van der Waals surface area contributed by atoms with E-state index in [0.29, 0.717) is 18.2 Å². The van der Waals surface area contributed by atoms with Crippen LogP contribution in [0.5, 0.6) is 0 Å². The Balaban J connectivity index is 1.35. The van der Waals surface area contributed by atoms with Crippen LogP contribution in [0.1, 0.15) is 40.9 Å². The lowest BCUT2D eigenvalue weighted by Gasteiger charge is -2.38. The molecular formula is C30H27N3O4. The molecule has 37 heavy (non-hydrogen) atoms. The first-order chi connectivity index (χ1) is 18.1. The summed E-state index contributed by atoms with van der Waals surface area (Å²) in [6.07, 6.45) is 4.75. The van der Waals surface area contributed by atoms with E-state index < -0.39 is 4.92 Å². The van der Waals surface area contributed by atoms with Gasteiger partial charge in [0.1, 0.15) is 5.76 Å². The number of furan rings is 1. The SMILES string of the molecule is O=C(NCC1=C(c2cccc3ccccc23)C[C@@H]2CC[C@H]1N2Cc1ccco1)c1ccc([N+](=O)[O-])cc1. The van der Waals surface area contributed by atoms with Crippen molar-refractivity contribution in [1.82, 2.24) is 10.2 Å². The van der Waals surface area contributed by atoms with Crippen LogP contribution in [0, 0.1) is 10.1 Å². The lowest BCUT2D eigenvalue weighted by molar-refractivity contribution is -0.384. The molecule has 0 saturated carbocycles. The summed E-state index contributed by atoms with van der Waals surface area (Å²) >= 11 is 0. The van der Waals surface area contributed by atoms with E-state index >= 15 is 0 Å². The van der Waals surface area contributed by atoms with Gasteiger partial charge in [-0.3, -0.25) is 19.8 Å². The molecular weight excluding hydrogens is 466 g/mol. The number of amides is 1. The molecule has 6 rings (SSSR count). The van der Waals surface area contributed by atoms with Crippen molar-refractivity contribution < 1.29 is 14.1 Å². The van der Waals surface area contributed by atoms with Crippen LogP contribution in [-0.2, 0) is 6.54 Å². The molecule has 7 nitrogen and oxygen atoms in total. The molecule has 1 aromatic heterocycles. The van der Waals surface area contributed by atoms with Crippen molar-refractivity contribution in [3.8, 4) is 0 Å². The average molecular weight is 494 g/mol. The Kier molecular flexibility index (Phi) is 6.06. The van der Waals surface area contributed by atoms with E-state index in [1.54, 1.807) is 6.26 Å². The van der Waals surface area contributed by atoms with Gasteiger partial charge >= 0.3 is 0 Å². The van der Waals surface area contributed by atoms with Crippen LogP contribution in [0.15, 0.2) is 95.1 Å². The number of benzene rings is 3. The molecule has 186 valence electrons. The first-order valence-corrected chi connectivity index (χ1v) is 12.6. The Morgan fingerprint density at radius 3 is 2.59 bits per heavy atom. The summed E-state index contributed by atoms with van der Waals surface area (Å²) in [4.78, 5) is 26.1. The highest BCUT2D eigenvalue weighted by molar-refractivity contribution is 5.96. The van der Waals surface area contributed by atoms with E-state index in [0.717, 1.165) is 31.6 Å². The molecule has 2 aliphatic rings. The number of non-ortho nitro benzene ring substituents is 1. The highest BCUT2D eigenvalue weighted by atomic mass is 16.6. The molecule has 1 saturated heterocycles. The van der Waals surface area contributed by atoms with E-state index in [1.165, 1.54) is 51.7 Å². The van der Waals surface area contributed by atoms with Crippen molar-refractivity contribution in [3.63, 3.8) is 0 Å². The third-order valence-corrected chi connectivity index (χ3v) is 7.69. The highest BCUT2D eigenvalue weighted by Gasteiger charge is 2.41. The molecule has 2 bridgehead atoms. The highest BCUT2D eigenvalue weighted by Crippen LogP contribution is 2.44. The van der Waals surface area contributed by atoms with Gasteiger partial charge in [-0.2, -0.15) is 0 Å². The number of nitrogens with one attached hydrogen (secondary N) is 1. The molecule has 1 N–H and O–H groups in total. The largest absolute Gasteiger partial charge is 0.468 e. The van der Waals surface area contributed by atoms with Gasteiger partial charge in [0.05, 0.1) is 17.7 Å². The Morgan fingerprint density at radius 1 is 1.00 bits per heavy atom. The van der Waals surface area contributed by atoms with E-state index in [1.807, 2.05) is 12.1 Å². The standard InChI is InChI=1S/C30H27N3O4/c34-30(21-10-12-22(13-11-21)33(35)36)31-18-28-27(26-9-3-6-20-5-1-2-8-25(20)26)17-23-14-15-29(28)32(23)19-24-7-4-16-37-24/h1-13,16,23,29H,14-15,17-19H2,(H,31,34)/t23-,29+/m0/s1. The fourth-order valence-corrected chi connectivity index (χ4v) is 5.93. The quantitative estimate of drug-likeness (QED) is 0.253. The number of nitrogens with zero attached hydrogens (tertiary/aromatic N) is 2. The smallest absolute Gasteiger partial charge is 0.269 e. The molecule has 7 heteroatoms. The number of nitro groups is 1. The van der Waals surface area contributed by atoms with E-state index in [2.05, 4.69) is 52.7 Å². The first kappa shape index (κ1) is 23.2. The van der Waals surface area contributed by atoms with Crippen molar-refractivity contribution in [1.29, 1.82) is 0 Å². The van der Waals surface area contributed by atoms with Crippen molar-refractivity contribution in [2.24, 2.45) is 0 Å². The van der Waals surface area contributed by atoms with Crippen LogP contribution in [0.25, 0.3) is 16.3 Å². The third-order valence-electron chi connectivity index (χ3n) is 7.69. The van der Waals surface area contributed by atoms with Gasteiger partial charge in [0.15, 0.2) is 0 Å². The topological polar surface area (TPSA) is 88.6 Å². The molecule has 3 heterocycles. The monoisotopic (exact) mass is 493 g/mol. The van der Waals surface area contributed by atoms with Crippen LogP contribution < -0.4 is 5.32 Å². The van der Waals surface area contributed by atoms with Crippen LogP contribution in [0.2, 0.25) is 0 Å². The second-order valence-electron chi connectivity index (χ2n) is 9.72. The van der Waals surface area contributed by atoms with Gasteiger partial charge in [-0.15, -0.1) is 0 Å². The minimum Gasteiger partial charge on any atom is -0.468 e. The van der Waals surface area contributed by atoms with Gasteiger partial charge in [-0.05, 0) is 71.0 Å². The van der Waals surface area contributed by atoms with Gasteiger partial charge in [0, 0.05) is 36.3 Å². The fraction of sp³-hybridized carbons (Fsp3) is 0.233. The summed E-state index contributed by atoms with van der Waals surface area (Å²) < 4.78 is 5.67. The number of hydrogen-bond donors (Lipinski definition) is 1. The zero-order valence-corrected chi connectivity index (χ0v) is 20.3. The number of carbonyl (C=O) groups excluding carboxylic acids is 1. The molecule has 4 aromatic rings. The minimum absolute atomic E-state index is 0.0321. The molecule has 1 amide bonds. The van der Waals surface area contributed by atoms with Crippen LogP contribution >= 0.6 is 0 Å². The summed E-state index contributed by atoms with van der Waals surface area (Å²) in [7, 11) is 0. The first-order valence-electron chi connectivity index (χ1n) is 12.6. The maximum atomic E-state index is 13.0. The van der Waals surface area contributed by atoms with Crippen LogP contribution in [0.3, 0.4) is 0 Å². The molecule has 2 aliphatic heterocycles. The zero-order chi connectivity index (χ0) is 25.4. The molecule has 3 aromatic carbocycles.